The van der Waals surface area contributed by atoms with Crippen molar-refractivity contribution in [3.8, 4) is 5.69 Å². The molecular weight excluding hydrogens is 477 g/mol. The minimum Gasteiger partial charge on any atom is -0.353 e. The normalized spacial score (nSPS) is 21.4. The Kier molecular flexibility index (Phi) is 6.56. The number of nitrogens with zero attached hydrogens (tertiary/aromatic N) is 5. The van der Waals surface area contributed by atoms with Gasteiger partial charge in [-0.15, -0.1) is 0 Å². The first-order chi connectivity index (χ1) is 17.1. The number of anilines is 1. The molecule has 0 N–H and O–H groups in total. The van der Waals surface area contributed by atoms with Crippen LogP contribution in [0.2, 0.25) is 5.15 Å². The molecule has 2 fully saturated rings. The monoisotopic (exact) mass is 511 g/mol. The summed E-state index contributed by atoms with van der Waals surface area (Å²) in [4.78, 5) is 29.7. The van der Waals surface area contributed by atoms with E-state index in [-0.39, 0.29) is 22.5 Å². The minimum atomic E-state index is -0.617. The van der Waals surface area contributed by atoms with Gasteiger partial charge in [-0.1, -0.05) is 45.7 Å². The van der Waals surface area contributed by atoms with Crippen molar-refractivity contribution in [3.05, 3.63) is 51.0 Å². The summed E-state index contributed by atoms with van der Waals surface area (Å²) in [5.41, 5.74) is 2.73. The van der Waals surface area contributed by atoms with Gasteiger partial charge in [0, 0.05) is 18.8 Å². The van der Waals surface area contributed by atoms with Crippen molar-refractivity contribution < 1.29 is 4.39 Å². The molecule has 2 aliphatic rings. The average molecular weight is 512 g/mol. The van der Waals surface area contributed by atoms with Gasteiger partial charge in [0.25, 0.3) is 0 Å². The van der Waals surface area contributed by atoms with E-state index in [1.54, 1.807) is 0 Å². The Morgan fingerprint density at radius 2 is 1.97 bits per heavy atom. The predicted molar refractivity (Wildman–Crippen MR) is 143 cm³/mol. The average Bonchev–Trinajstić information content (AvgIpc) is 3.61. The fraction of sp³-hybridized carbons (Fsp3) is 0.571. The highest BCUT2D eigenvalue weighted by Crippen LogP contribution is 2.52. The molecular formula is C28H35ClFN5O. The highest BCUT2D eigenvalue weighted by atomic mass is 35.5. The number of rotatable bonds is 6. The molecule has 1 saturated heterocycles. The molecule has 6 nitrogen and oxygen atoms in total. The minimum absolute atomic E-state index is 0.0669. The van der Waals surface area contributed by atoms with Crippen LogP contribution in [0.4, 0.5) is 10.2 Å². The second-order valence-corrected chi connectivity index (χ2v) is 11.6. The van der Waals surface area contributed by atoms with E-state index in [1.807, 2.05) is 12.3 Å². The number of aromatic nitrogens is 4. The lowest BCUT2D eigenvalue weighted by molar-refractivity contribution is 0.388. The molecule has 1 aliphatic carbocycles. The van der Waals surface area contributed by atoms with Crippen LogP contribution >= 0.6 is 11.6 Å². The number of pyridine rings is 2. The molecule has 3 aromatic heterocycles. The van der Waals surface area contributed by atoms with Gasteiger partial charge in [-0.05, 0) is 74.0 Å². The molecule has 0 aromatic carbocycles. The summed E-state index contributed by atoms with van der Waals surface area (Å²) in [6.45, 7) is 11.4. The Balaban J connectivity index is 1.81. The van der Waals surface area contributed by atoms with Gasteiger partial charge in [-0.3, -0.25) is 4.98 Å². The molecule has 1 aliphatic heterocycles. The van der Waals surface area contributed by atoms with Crippen LogP contribution in [0.25, 0.3) is 16.7 Å². The smallest absolute Gasteiger partial charge is 0.353 e. The zero-order valence-corrected chi connectivity index (χ0v) is 22.6. The Hall–Kier alpha value is -2.54. The molecule has 0 unspecified atom stereocenters. The van der Waals surface area contributed by atoms with Gasteiger partial charge < -0.3 is 4.90 Å². The maximum atomic E-state index is 14.8. The van der Waals surface area contributed by atoms with Gasteiger partial charge in [-0.2, -0.15) is 4.98 Å². The second-order valence-electron chi connectivity index (χ2n) is 11.3. The summed E-state index contributed by atoms with van der Waals surface area (Å²) in [5.74, 6) is 0.384. The fourth-order valence-electron chi connectivity index (χ4n) is 5.66. The zero-order valence-electron chi connectivity index (χ0n) is 21.8. The van der Waals surface area contributed by atoms with Crippen molar-refractivity contribution in [2.45, 2.75) is 85.1 Å². The molecule has 0 radical (unpaired) electrons. The highest BCUT2D eigenvalue weighted by Gasteiger charge is 2.41. The first-order valence-electron chi connectivity index (χ1n) is 13.2. The zero-order chi connectivity index (χ0) is 25.8. The predicted octanol–water partition coefficient (Wildman–Crippen LogP) is 6.45. The van der Waals surface area contributed by atoms with Crippen molar-refractivity contribution in [1.29, 1.82) is 0 Å². The van der Waals surface area contributed by atoms with Crippen molar-refractivity contribution in [2.24, 2.45) is 11.3 Å². The number of hydrogen-bond donors (Lipinski definition) is 0. The van der Waals surface area contributed by atoms with E-state index in [1.165, 1.54) is 23.5 Å². The molecule has 0 spiro atoms. The van der Waals surface area contributed by atoms with E-state index in [0.29, 0.717) is 22.8 Å². The third-order valence-corrected chi connectivity index (χ3v) is 8.49. The van der Waals surface area contributed by atoms with Crippen molar-refractivity contribution in [3.63, 3.8) is 0 Å². The molecule has 3 aromatic rings. The van der Waals surface area contributed by atoms with E-state index >= 15 is 0 Å². The topological polar surface area (TPSA) is 63.9 Å². The van der Waals surface area contributed by atoms with E-state index < -0.39 is 11.5 Å². The van der Waals surface area contributed by atoms with Crippen LogP contribution in [0.3, 0.4) is 0 Å². The van der Waals surface area contributed by atoms with E-state index in [2.05, 4.69) is 54.5 Å². The van der Waals surface area contributed by atoms with Crippen LogP contribution in [0, 0.1) is 17.2 Å². The fourth-order valence-corrected chi connectivity index (χ4v) is 5.79. The Labute approximate surface area is 216 Å². The van der Waals surface area contributed by atoms with Crippen molar-refractivity contribution >= 4 is 28.5 Å². The first-order valence-corrected chi connectivity index (χ1v) is 13.6. The molecule has 2 atom stereocenters. The van der Waals surface area contributed by atoms with Crippen molar-refractivity contribution in [2.75, 3.05) is 11.4 Å². The number of hydrogen-bond acceptors (Lipinski definition) is 5. The third kappa shape index (κ3) is 4.40. The number of halogens is 2. The summed E-state index contributed by atoms with van der Waals surface area (Å²) in [7, 11) is 0. The van der Waals surface area contributed by atoms with Gasteiger partial charge in [0.05, 0.1) is 16.8 Å². The lowest BCUT2D eigenvalue weighted by Crippen LogP contribution is -2.43. The van der Waals surface area contributed by atoms with E-state index in [4.69, 9.17) is 11.6 Å². The SMILES string of the molecule is CCC1(Cc2ccnc(C(C)C)c2-n2c(=O)nc(N3C[C@@H](C)CC[C@@H]3C)c3cc(F)c(Cl)nc32)CC1. The van der Waals surface area contributed by atoms with Gasteiger partial charge in [-0.25, -0.2) is 18.7 Å². The standard InChI is InChI=1S/C28H35ClFN5O/c1-6-28(10-11-28)14-19-9-12-31-22(16(2)3)23(19)35-26-20(13-21(30)24(29)32-26)25(33-27(35)36)34-15-17(4)7-8-18(34)5/h9,12-13,16-18H,6-8,10-11,14-15H2,1-5H3/t17-,18-/m0/s1. The van der Waals surface area contributed by atoms with Gasteiger partial charge in [0.2, 0.25) is 0 Å². The molecule has 8 heteroatoms. The van der Waals surface area contributed by atoms with Gasteiger partial charge >= 0.3 is 5.69 Å². The van der Waals surface area contributed by atoms with Crippen LogP contribution in [0.5, 0.6) is 0 Å². The van der Waals surface area contributed by atoms with E-state index in [9.17, 15) is 9.18 Å². The lowest BCUT2D eigenvalue weighted by atomic mass is 9.91. The largest absolute Gasteiger partial charge is 0.355 e. The molecule has 0 bridgehead atoms. The van der Waals surface area contributed by atoms with Crippen LogP contribution in [-0.4, -0.2) is 32.1 Å². The number of fused-ring (bicyclic) bond motifs is 1. The summed E-state index contributed by atoms with van der Waals surface area (Å²) in [6, 6.07) is 3.57. The highest BCUT2D eigenvalue weighted by molar-refractivity contribution is 6.30. The summed E-state index contributed by atoms with van der Waals surface area (Å²) in [5, 5.41) is 0.246. The maximum Gasteiger partial charge on any atom is 0.355 e. The maximum absolute atomic E-state index is 14.8. The van der Waals surface area contributed by atoms with Gasteiger partial charge in [0.15, 0.2) is 16.6 Å². The first kappa shape index (κ1) is 25.1. The lowest BCUT2D eigenvalue weighted by Gasteiger charge is -2.38. The summed E-state index contributed by atoms with van der Waals surface area (Å²) < 4.78 is 16.4. The molecule has 5 rings (SSSR count). The molecule has 4 heterocycles. The Morgan fingerprint density at radius 1 is 1.22 bits per heavy atom. The second kappa shape index (κ2) is 9.40. The molecule has 1 saturated carbocycles. The summed E-state index contributed by atoms with van der Waals surface area (Å²) >= 11 is 6.22. The van der Waals surface area contributed by atoms with Crippen LogP contribution < -0.4 is 10.6 Å². The van der Waals surface area contributed by atoms with E-state index in [0.717, 1.165) is 49.2 Å². The van der Waals surface area contributed by atoms with Gasteiger partial charge in [0.1, 0.15) is 5.82 Å². The number of piperidine rings is 1. The van der Waals surface area contributed by atoms with Crippen LogP contribution in [-0.2, 0) is 6.42 Å². The molecule has 192 valence electrons. The summed E-state index contributed by atoms with van der Waals surface area (Å²) in [6.07, 6.45) is 8.21. The molecule has 36 heavy (non-hydrogen) atoms. The van der Waals surface area contributed by atoms with Crippen LogP contribution in [0.15, 0.2) is 23.1 Å². The Bertz CT molecular complexity index is 1370. The van der Waals surface area contributed by atoms with Crippen molar-refractivity contribution in [1.82, 2.24) is 19.5 Å². The van der Waals surface area contributed by atoms with Crippen LogP contribution in [0.1, 0.15) is 83.9 Å². The quantitative estimate of drug-likeness (QED) is 0.356. The molecule has 0 amide bonds. The Morgan fingerprint density at radius 3 is 2.64 bits per heavy atom. The third-order valence-electron chi connectivity index (χ3n) is 8.23.